The van der Waals surface area contributed by atoms with E-state index in [1.807, 2.05) is 13.8 Å². The zero-order valence-corrected chi connectivity index (χ0v) is 9.44. The molecule has 1 atom stereocenters. The fraction of sp³-hybridized carbons (Fsp3) is 0.909. The van der Waals surface area contributed by atoms with Gasteiger partial charge in [-0.15, -0.1) is 0 Å². The van der Waals surface area contributed by atoms with Gasteiger partial charge < -0.3 is 15.9 Å². The number of nitrogens with two attached hydrogens (primary N) is 1. The highest BCUT2D eigenvalue weighted by Gasteiger charge is 2.40. The molecule has 88 valence electrons. The van der Waals surface area contributed by atoms with Gasteiger partial charge in [0, 0.05) is 0 Å². The monoisotopic (exact) mass is 215 g/mol. The second kappa shape index (κ2) is 4.49. The van der Waals surface area contributed by atoms with Crippen LogP contribution in [0.4, 0.5) is 0 Å². The SMILES string of the molecule is CC(C)(C1CCC(O)CC1)C(N)C(=O)O. The molecular formula is C11H21NO3. The Hall–Kier alpha value is -0.610. The Morgan fingerprint density at radius 1 is 1.33 bits per heavy atom. The van der Waals surface area contributed by atoms with Crippen molar-refractivity contribution >= 4 is 5.97 Å². The van der Waals surface area contributed by atoms with Crippen LogP contribution < -0.4 is 5.73 Å². The Labute approximate surface area is 90.5 Å². The van der Waals surface area contributed by atoms with Crippen molar-refractivity contribution in [1.29, 1.82) is 0 Å². The van der Waals surface area contributed by atoms with Crippen LogP contribution in [0, 0.1) is 11.3 Å². The van der Waals surface area contributed by atoms with E-state index in [4.69, 9.17) is 10.8 Å². The summed E-state index contributed by atoms with van der Waals surface area (Å²) in [6, 6.07) is -0.822. The van der Waals surface area contributed by atoms with Crippen LogP contribution in [0.2, 0.25) is 0 Å². The molecule has 1 saturated carbocycles. The Bertz CT molecular complexity index is 232. The largest absolute Gasteiger partial charge is 0.480 e. The molecule has 1 aliphatic rings. The third kappa shape index (κ3) is 2.69. The molecule has 1 rings (SSSR count). The summed E-state index contributed by atoms with van der Waals surface area (Å²) in [7, 11) is 0. The molecule has 0 saturated heterocycles. The van der Waals surface area contributed by atoms with Crippen molar-refractivity contribution in [3.05, 3.63) is 0 Å². The second-order valence-electron chi connectivity index (χ2n) is 5.14. The second-order valence-corrected chi connectivity index (χ2v) is 5.14. The van der Waals surface area contributed by atoms with Crippen LogP contribution in [0.25, 0.3) is 0 Å². The van der Waals surface area contributed by atoms with E-state index in [0.29, 0.717) is 5.92 Å². The smallest absolute Gasteiger partial charge is 0.321 e. The first-order chi connectivity index (χ1) is 6.85. The maximum Gasteiger partial charge on any atom is 0.321 e. The third-order valence-electron chi connectivity index (χ3n) is 3.82. The molecule has 0 heterocycles. The molecule has 0 aromatic rings. The predicted molar refractivity (Wildman–Crippen MR) is 57.4 cm³/mol. The molecule has 1 unspecified atom stereocenters. The van der Waals surface area contributed by atoms with Crippen LogP contribution in [0.3, 0.4) is 0 Å². The number of carbonyl (C=O) groups is 1. The van der Waals surface area contributed by atoms with Gasteiger partial charge in [0.25, 0.3) is 0 Å². The molecule has 0 radical (unpaired) electrons. The van der Waals surface area contributed by atoms with Crippen molar-refractivity contribution in [3.8, 4) is 0 Å². The first-order valence-corrected chi connectivity index (χ1v) is 5.52. The van der Waals surface area contributed by atoms with E-state index in [1.165, 1.54) is 0 Å². The minimum atomic E-state index is -0.939. The van der Waals surface area contributed by atoms with Crippen molar-refractivity contribution in [2.75, 3.05) is 0 Å². The van der Waals surface area contributed by atoms with Gasteiger partial charge in [-0.25, -0.2) is 0 Å². The van der Waals surface area contributed by atoms with Crippen LogP contribution in [0.1, 0.15) is 39.5 Å². The standard InChI is InChI=1S/C11H21NO3/c1-11(2,9(12)10(14)15)7-3-5-8(13)6-4-7/h7-9,13H,3-6,12H2,1-2H3,(H,14,15). The highest BCUT2D eigenvalue weighted by Crippen LogP contribution is 2.40. The minimum absolute atomic E-state index is 0.210. The van der Waals surface area contributed by atoms with E-state index in [9.17, 15) is 9.90 Å². The molecule has 15 heavy (non-hydrogen) atoms. The van der Waals surface area contributed by atoms with Gasteiger partial charge in [-0.2, -0.15) is 0 Å². The number of aliphatic carboxylic acids is 1. The molecule has 0 amide bonds. The van der Waals surface area contributed by atoms with E-state index < -0.39 is 17.4 Å². The summed E-state index contributed by atoms with van der Waals surface area (Å²) < 4.78 is 0. The zero-order valence-electron chi connectivity index (χ0n) is 9.44. The molecule has 4 N–H and O–H groups in total. The number of carboxylic acid groups (broad SMARTS) is 1. The van der Waals surface area contributed by atoms with Gasteiger partial charge in [-0.1, -0.05) is 13.8 Å². The lowest BCUT2D eigenvalue weighted by Gasteiger charge is -2.40. The average molecular weight is 215 g/mol. The summed E-state index contributed by atoms with van der Waals surface area (Å²) in [5, 5.41) is 18.3. The van der Waals surface area contributed by atoms with Gasteiger partial charge in [-0.3, -0.25) is 4.79 Å². The summed E-state index contributed by atoms with van der Waals surface area (Å²) >= 11 is 0. The van der Waals surface area contributed by atoms with Crippen molar-refractivity contribution in [1.82, 2.24) is 0 Å². The van der Waals surface area contributed by atoms with Crippen LogP contribution >= 0.6 is 0 Å². The third-order valence-corrected chi connectivity index (χ3v) is 3.82. The van der Waals surface area contributed by atoms with Gasteiger partial charge >= 0.3 is 5.97 Å². The maximum absolute atomic E-state index is 10.9. The van der Waals surface area contributed by atoms with Crippen LogP contribution in [0.5, 0.6) is 0 Å². The van der Waals surface area contributed by atoms with Crippen molar-refractivity contribution < 1.29 is 15.0 Å². The molecule has 1 fully saturated rings. The van der Waals surface area contributed by atoms with Crippen molar-refractivity contribution in [2.45, 2.75) is 51.7 Å². The number of rotatable bonds is 3. The number of carboxylic acids is 1. The number of hydrogen-bond donors (Lipinski definition) is 3. The molecule has 0 aliphatic heterocycles. The van der Waals surface area contributed by atoms with E-state index in [2.05, 4.69) is 0 Å². The molecule has 0 bridgehead atoms. The maximum atomic E-state index is 10.9. The summed E-state index contributed by atoms with van der Waals surface area (Å²) in [5.74, 6) is -0.641. The highest BCUT2D eigenvalue weighted by atomic mass is 16.4. The van der Waals surface area contributed by atoms with Crippen LogP contribution in [-0.2, 0) is 4.79 Å². The molecule has 0 spiro atoms. The number of aliphatic hydroxyl groups excluding tert-OH is 1. The number of aliphatic hydroxyl groups is 1. The lowest BCUT2D eigenvalue weighted by atomic mass is 9.67. The summed E-state index contributed by atoms with van der Waals surface area (Å²) in [6.07, 6.45) is 3.06. The van der Waals surface area contributed by atoms with Gasteiger partial charge in [0.2, 0.25) is 0 Å². The van der Waals surface area contributed by atoms with Crippen molar-refractivity contribution in [2.24, 2.45) is 17.1 Å². The van der Waals surface area contributed by atoms with Crippen LogP contribution in [0.15, 0.2) is 0 Å². The Balaban J connectivity index is 2.65. The molecule has 1 aliphatic carbocycles. The Kier molecular flexibility index (Phi) is 3.73. The fourth-order valence-corrected chi connectivity index (χ4v) is 2.39. The molecule has 0 aromatic carbocycles. The normalized spacial score (nSPS) is 29.9. The summed E-state index contributed by atoms with van der Waals surface area (Å²) in [4.78, 5) is 10.9. The highest BCUT2D eigenvalue weighted by molar-refractivity contribution is 5.74. The minimum Gasteiger partial charge on any atom is -0.480 e. The fourth-order valence-electron chi connectivity index (χ4n) is 2.39. The van der Waals surface area contributed by atoms with E-state index in [-0.39, 0.29) is 6.10 Å². The van der Waals surface area contributed by atoms with Gasteiger partial charge in [0.1, 0.15) is 6.04 Å². The van der Waals surface area contributed by atoms with Gasteiger partial charge in [-0.05, 0) is 37.0 Å². The molecule has 4 nitrogen and oxygen atoms in total. The quantitative estimate of drug-likeness (QED) is 0.655. The molecular weight excluding hydrogens is 194 g/mol. The molecule has 4 heteroatoms. The van der Waals surface area contributed by atoms with Crippen LogP contribution in [-0.4, -0.2) is 28.3 Å². The Morgan fingerprint density at radius 2 is 1.80 bits per heavy atom. The average Bonchev–Trinajstić information content (AvgIpc) is 2.17. The molecule has 0 aromatic heterocycles. The Morgan fingerprint density at radius 3 is 2.20 bits per heavy atom. The summed E-state index contributed by atoms with van der Waals surface area (Å²) in [5.41, 5.74) is 5.30. The first kappa shape index (κ1) is 12.5. The van der Waals surface area contributed by atoms with E-state index in [1.54, 1.807) is 0 Å². The first-order valence-electron chi connectivity index (χ1n) is 5.52. The van der Waals surface area contributed by atoms with E-state index >= 15 is 0 Å². The van der Waals surface area contributed by atoms with E-state index in [0.717, 1.165) is 25.7 Å². The topological polar surface area (TPSA) is 83.5 Å². The lowest BCUT2D eigenvalue weighted by Crippen LogP contribution is -2.49. The predicted octanol–water partition coefficient (Wildman–Crippen LogP) is 0.976. The lowest BCUT2D eigenvalue weighted by molar-refractivity contribution is -0.142. The zero-order chi connectivity index (χ0) is 11.6. The summed E-state index contributed by atoms with van der Waals surface area (Å²) in [6.45, 7) is 3.82. The van der Waals surface area contributed by atoms with Gasteiger partial charge in [0.15, 0.2) is 0 Å². The number of hydrogen-bond acceptors (Lipinski definition) is 3. The van der Waals surface area contributed by atoms with Crippen molar-refractivity contribution in [3.63, 3.8) is 0 Å². The van der Waals surface area contributed by atoms with Gasteiger partial charge in [0.05, 0.1) is 6.10 Å².